The van der Waals surface area contributed by atoms with Crippen LogP contribution in [0.1, 0.15) is 54.4 Å². The number of halogens is 2. The van der Waals surface area contributed by atoms with Crippen molar-refractivity contribution in [1.29, 1.82) is 0 Å². The average molecular weight is 629 g/mol. The Bertz CT molecular complexity index is 1530. The topological polar surface area (TPSA) is 115 Å². The summed E-state index contributed by atoms with van der Waals surface area (Å²) in [6, 6.07) is 14.0. The number of hydrogen-bond acceptors (Lipinski definition) is 7. The van der Waals surface area contributed by atoms with Gasteiger partial charge in [-0.1, -0.05) is 41.9 Å². The van der Waals surface area contributed by atoms with Gasteiger partial charge in [0, 0.05) is 54.8 Å². The Morgan fingerprint density at radius 3 is 2.51 bits per heavy atom. The zero-order valence-electron chi connectivity index (χ0n) is 24.4. The molecule has 2 heterocycles. The van der Waals surface area contributed by atoms with Crippen LogP contribution in [-0.2, 0) is 27.7 Å². The summed E-state index contributed by atoms with van der Waals surface area (Å²) < 4.78 is 48.6. The van der Waals surface area contributed by atoms with Crippen LogP contribution in [0.25, 0.3) is 0 Å². The van der Waals surface area contributed by atoms with Gasteiger partial charge < -0.3 is 15.8 Å². The molecule has 0 amide bonds. The van der Waals surface area contributed by atoms with Crippen molar-refractivity contribution in [2.75, 3.05) is 20.2 Å². The van der Waals surface area contributed by atoms with E-state index in [1.165, 1.54) is 13.2 Å². The molecule has 4 atom stereocenters. The highest BCUT2D eigenvalue weighted by molar-refractivity contribution is 7.90. The van der Waals surface area contributed by atoms with Gasteiger partial charge in [0.25, 0.3) is 0 Å². The molecular formula is C32H38ClFN4O4S. The number of nitrogens with two attached hydrogens (primary N) is 1. The lowest BCUT2D eigenvalue weighted by Gasteiger charge is -2.40. The van der Waals surface area contributed by atoms with Gasteiger partial charge in [-0.15, -0.1) is 0 Å². The monoisotopic (exact) mass is 628 g/mol. The number of piperazine rings is 1. The van der Waals surface area contributed by atoms with E-state index in [-0.39, 0.29) is 29.5 Å². The van der Waals surface area contributed by atoms with Crippen molar-refractivity contribution in [3.05, 3.63) is 93.9 Å². The van der Waals surface area contributed by atoms with Gasteiger partial charge in [0.15, 0.2) is 5.78 Å². The Morgan fingerprint density at radius 2 is 1.86 bits per heavy atom. The van der Waals surface area contributed by atoms with Gasteiger partial charge in [-0.25, -0.2) is 17.8 Å². The lowest BCUT2D eigenvalue weighted by Crippen LogP contribution is -2.59. The molecule has 8 nitrogen and oxygen atoms in total. The fourth-order valence-corrected chi connectivity index (χ4v) is 8.42. The molecule has 3 N–H and O–H groups in total. The summed E-state index contributed by atoms with van der Waals surface area (Å²) in [6.45, 7) is 2.99. The van der Waals surface area contributed by atoms with E-state index >= 15 is 4.39 Å². The third-order valence-electron chi connectivity index (χ3n) is 8.45. The number of nitrogens with one attached hydrogen (secondary N) is 1. The molecule has 11 heteroatoms. The number of Topliss-reactive ketones (excluding diaryl/α,β-unsaturated/α-hetero) is 1. The first-order chi connectivity index (χ1) is 20.6. The number of carbonyl (C=O) groups is 1. The number of methoxy groups -OCH3 is 1. The zero-order chi connectivity index (χ0) is 30.7. The predicted octanol–water partition coefficient (Wildman–Crippen LogP) is 4.24. The van der Waals surface area contributed by atoms with Gasteiger partial charge in [-0.2, -0.15) is 4.31 Å². The van der Waals surface area contributed by atoms with Gasteiger partial charge in [0.2, 0.25) is 15.9 Å². The number of benzene rings is 2. The lowest BCUT2D eigenvalue weighted by atomic mass is 9.82. The maximum absolute atomic E-state index is 15.3. The number of sulfonamides is 1. The van der Waals surface area contributed by atoms with Gasteiger partial charge in [-0.3, -0.25) is 4.79 Å². The van der Waals surface area contributed by atoms with Crippen molar-refractivity contribution in [3.63, 3.8) is 0 Å². The van der Waals surface area contributed by atoms with E-state index in [0.717, 1.165) is 11.1 Å². The third kappa shape index (κ3) is 7.10. The molecule has 2 aromatic carbocycles. The molecular weight excluding hydrogens is 591 g/mol. The molecule has 230 valence electrons. The average Bonchev–Trinajstić information content (AvgIpc) is 3.85. The van der Waals surface area contributed by atoms with Crippen LogP contribution in [0.3, 0.4) is 0 Å². The number of aromatic nitrogens is 1. The normalized spacial score (nSPS) is 20.9. The highest BCUT2D eigenvalue weighted by Gasteiger charge is 2.45. The largest absolute Gasteiger partial charge is 0.481 e. The Balaban J connectivity index is 1.37. The Labute approximate surface area is 257 Å². The summed E-state index contributed by atoms with van der Waals surface area (Å²) in [4.78, 5) is 18.1. The fourth-order valence-electron chi connectivity index (χ4n) is 6.05. The number of carbonyl (C=O) groups excluding carboxylic acids is 1. The van der Waals surface area contributed by atoms with Crippen LogP contribution in [0.4, 0.5) is 4.39 Å². The molecule has 1 saturated heterocycles. The molecule has 1 aliphatic heterocycles. The maximum Gasteiger partial charge on any atom is 0.217 e. The van der Waals surface area contributed by atoms with Crippen LogP contribution in [0.5, 0.6) is 5.88 Å². The number of rotatable bonds is 12. The second kappa shape index (κ2) is 13.4. The molecule has 1 aliphatic carbocycles. The molecule has 0 unspecified atom stereocenters. The Hall–Kier alpha value is -2.89. The summed E-state index contributed by atoms with van der Waals surface area (Å²) in [5.74, 6) is -0.750. The number of ether oxygens (including phenoxy) is 1. The van der Waals surface area contributed by atoms with E-state index < -0.39 is 27.8 Å². The first kappa shape index (κ1) is 31.5. The van der Waals surface area contributed by atoms with Gasteiger partial charge in [-0.05, 0) is 73.1 Å². The van der Waals surface area contributed by atoms with Crippen LogP contribution in [0.2, 0.25) is 5.02 Å². The van der Waals surface area contributed by atoms with Crippen LogP contribution < -0.4 is 15.8 Å². The van der Waals surface area contributed by atoms with Crippen molar-refractivity contribution in [2.24, 2.45) is 5.73 Å². The molecule has 2 aliphatic rings. The molecule has 1 saturated carbocycles. The van der Waals surface area contributed by atoms with E-state index in [9.17, 15) is 13.2 Å². The minimum absolute atomic E-state index is 0.0641. The second-order valence-corrected chi connectivity index (χ2v) is 14.0. The van der Waals surface area contributed by atoms with Gasteiger partial charge in [0.1, 0.15) is 5.82 Å². The quantitative estimate of drug-likeness (QED) is 0.308. The van der Waals surface area contributed by atoms with E-state index in [4.69, 9.17) is 22.1 Å². The maximum atomic E-state index is 15.3. The summed E-state index contributed by atoms with van der Waals surface area (Å²) in [7, 11) is -1.88. The van der Waals surface area contributed by atoms with Crippen molar-refractivity contribution in [1.82, 2.24) is 14.6 Å². The molecule has 43 heavy (non-hydrogen) atoms. The van der Waals surface area contributed by atoms with Gasteiger partial charge in [0.05, 0.1) is 18.4 Å². The van der Waals surface area contributed by atoms with Crippen LogP contribution in [0.15, 0.2) is 60.8 Å². The predicted molar refractivity (Wildman–Crippen MR) is 165 cm³/mol. The summed E-state index contributed by atoms with van der Waals surface area (Å²) in [5, 5.41) is 3.57. The minimum Gasteiger partial charge on any atom is -0.481 e. The van der Waals surface area contributed by atoms with E-state index in [1.54, 1.807) is 40.8 Å². The SMILES string of the molecule is COc1ccc([C@H](c2ccc(Cl)cc2)[C@H](N)C(=O)Cc2cccc(F)c2CC[C@H]2CNC[C@@H](C)N2S(=O)(=O)C2CC2)cn1. The van der Waals surface area contributed by atoms with E-state index in [0.29, 0.717) is 60.8 Å². The smallest absolute Gasteiger partial charge is 0.217 e. The Morgan fingerprint density at radius 1 is 1.14 bits per heavy atom. The fraction of sp³-hybridized carbons (Fsp3) is 0.438. The van der Waals surface area contributed by atoms with Crippen molar-refractivity contribution < 1.29 is 22.3 Å². The molecule has 0 radical (unpaired) electrons. The zero-order valence-corrected chi connectivity index (χ0v) is 26.0. The van der Waals surface area contributed by atoms with Crippen LogP contribution >= 0.6 is 11.6 Å². The Kier molecular flexibility index (Phi) is 9.83. The first-order valence-electron chi connectivity index (χ1n) is 14.6. The summed E-state index contributed by atoms with van der Waals surface area (Å²) in [6.07, 6.45) is 3.68. The number of ketones is 1. The highest BCUT2D eigenvalue weighted by atomic mass is 35.5. The number of pyridine rings is 1. The summed E-state index contributed by atoms with van der Waals surface area (Å²) >= 11 is 6.13. The van der Waals surface area contributed by atoms with Crippen molar-refractivity contribution in [2.45, 2.75) is 68.3 Å². The minimum atomic E-state index is -3.40. The number of nitrogens with zero attached hydrogens (tertiary/aromatic N) is 2. The third-order valence-corrected chi connectivity index (χ3v) is 11.3. The van der Waals surface area contributed by atoms with E-state index in [2.05, 4.69) is 10.3 Å². The molecule has 3 aromatic rings. The summed E-state index contributed by atoms with van der Waals surface area (Å²) in [5.41, 5.74) is 9.16. The van der Waals surface area contributed by atoms with Gasteiger partial charge >= 0.3 is 0 Å². The van der Waals surface area contributed by atoms with Crippen LogP contribution in [-0.4, -0.2) is 67.1 Å². The molecule has 2 fully saturated rings. The van der Waals surface area contributed by atoms with Crippen molar-refractivity contribution in [3.8, 4) is 5.88 Å². The highest BCUT2D eigenvalue weighted by Crippen LogP contribution is 2.35. The van der Waals surface area contributed by atoms with E-state index in [1.807, 2.05) is 25.1 Å². The van der Waals surface area contributed by atoms with Crippen molar-refractivity contribution >= 4 is 27.4 Å². The molecule has 0 spiro atoms. The number of hydrogen-bond donors (Lipinski definition) is 2. The molecule has 1 aromatic heterocycles. The first-order valence-corrected chi connectivity index (χ1v) is 16.5. The second-order valence-electron chi connectivity index (χ2n) is 11.5. The molecule has 0 bridgehead atoms. The standard InChI is InChI=1S/C32H38ClFN4O4S/c1-20-17-36-19-25(38(20)43(40,41)26-12-13-26)11-14-27-22(4-3-5-28(27)34)16-29(39)32(35)31(21-6-9-24(33)10-7-21)23-8-15-30(42-2)37-18-23/h3-10,15,18,20,25-26,31-32,36H,11-14,16-17,19,35H2,1-2H3/t20-,25+,31+,32-/m1/s1. The molecule has 5 rings (SSSR count). The lowest BCUT2D eigenvalue weighted by molar-refractivity contribution is -0.119. The van der Waals surface area contributed by atoms with Crippen LogP contribution in [0, 0.1) is 5.82 Å².